The lowest BCUT2D eigenvalue weighted by Crippen LogP contribution is -2.29. The van der Waals surface area contributed by atoms with E-state index >= 15 is 0 Å². The highest BCUT2D eigenvalue weighted by molar-refractivity contribution is 7.91. The number of hydrogen-bond donors (Lipinski definition) is 0. The zero-order valence-electron chi connectivity index (χ0n) is 10.3. The molecule has 1 aliphatic heterocycles. The van der Waals surface area contributed by atoms with Gasteiger partial charge in [0, 0.05) is 18.8 Å². The Kier molecular flexibility index (Phi) is 3.93. The van der Waals surface area contributed by atoms with Crippen molar-refractivity contribution in [2.45, 2.75) is 24.2 Å². The van der Waals surface area contributed by atoms with Crippen molar-refractivity contribution >= 4 is 15.5 Å². The smallest absolute Gasteiger partial charge is 0.189 e. The molecule has 0 saturated carbocycles. The molecular weight excluding hydrogens is 246 g/mol. The minimum absolute atomic E-state index is 0.240. The van der Waals surface area contributed by atoms with Crippen LogP contribution in [0, 0.1) is 12.3 Å². The summed E-state index contributed by atoms with van der Waals surface area (Å²) >= 11 is 0. The van der Waals surface area contributed by atoms with E-state index in [0.717, 1.165) is 18.8 Å². The number of terminal acetylenes is 1. The lowest BCUT2D eigenvalue weighted by Gasteiger charge is -2.28. The summed E-state index contributed by atoms with van der Waals surface area (Å²) in [4.78, 5) is 2.60. The normalized spacial score (nSPS) is 16.3. The molecule has 0 aliphatic carbocycles. The van der Waals surface area contributed by atoms with E-state index in [9.17, 15) is 8.42 Å². The first-order chi connectivity index (χ1) is 8.63. The SMILES string of the molecule is C#CCS(=O)(=O)c1ccc(N2CCCCC2)cc1. The quantitative estimate of drug-likeness (QED) is 0.784. The average Bonchev–Trinajstić information content (AvgIpc) is 2.40. The second-order valence-corrected chi connectivity index (χ2v) is 6.49. The first kappa shape index (κ1) is 13.0. The van der Waals surface area contributed by atoms with Crippen LogP contribution in [-0.4, -0.2) is 27.3 Å². The third-order valence-corrected chi connectivity index (χ3v) is 4.73. The summed E-state index contributed by atoms with van der Waals surface area (Å²) in [5.74, 6) is 1.95. The second-order valence-electron chi connectivity index (χ2n) is 4.50. The number of piperidine rings is 1. The van der Waals surface area contributed by atoms with Gasteiger partial charge in [-0.2, -0.15) is 0 Å². The largest absolute Gasteiger partial charge is 0.372 e. The van der Waals surface area contributed by atoms with Crippen molar-refractivity contribution in [2.75, 3.05) is 23.7 Å². The summed E-state index contributed by atoms with van der Waals surface area (Å²) in [6, 6.07) is 7.04. The highest BCUT2D eigenvalue weighted by atomic mass is 32.2. The fourth-order valence-electron chi connectivity index (χ4n) is 2.21. The van der Waals surface area contributed by atoms with E-state index in [1.165, 1.54) is 19.3 Å². The third-order valence-electron chi connectivity index (χ3n) is 3.19. The van der Waals surface area contributed by atoms with E-state index in [0.29, 0.717) is 4.90 Å². The summed E-state index contributed by atoms with van der Waals surface area (Å²) in [7, 11) is -3.31. The van der Waals surface area contributed by atoms with E-state index in [1.807, 2.05) is 12.1 Å². The third kappa shape index (κ3) is 2.85. The van der Waals surface area contributed by atoms with E-state index < -0.39 is 9.84 Å². The van der Waals surface area contributed by atoms with Crippen molar-refractivity contribution in [2.24, 2.45) is 0 Å². The number of sulfone groups is 1. The molecule has 0 spiro atoms. The van der Waals surface area contributed by atoms with Crippen LogP contribution in [0.2, 0.25) is 0 Å². The standard InChI is InChI=1S/C14H17NO2S/c1-2-12-18(16,17)14-8-6-13(7-9-14)15-10-4-3-5-11-15/h1,6-9H,3-5,10-12H2. The molecule has 0 aromatic heterocycles. The predicted octanol–water partition coefficient (Wildman–Crippen LogP) is 2.08. The molecule has 1 fully saturated rings. The molecular formula is C14H17NO2S. The fraction of sp³-hybridized carbons (Fsp3) is 0.429. The minimum atomic E-state index is -3.31. The molecule has 3 nitrogen and oxygen atoms in total. The van der Waals surface area contributed by atoms with Gasteiger partial charge >= 0.3 is 0 Å². The van der Waals surface area contributed by atoms with Crippen LogP contribution >= 0.6 is 0 Å². The Hall–Kier alpha value is -1.47. The molecule has 0 atom stereocenters. The maximum atomic E-state index is 11.8. The van der Waals surface area contributed by atoms with Gasteiger partial charge in [0.15, 0.2) is 9.84 Å². The van der Waals surface area contributed by atoms with Crippen LogP contribution < -0.4 is 4.90 Å². The Balaban J connectivity index is 2.17. The van der Waals surface area contributed by atoms with Gasteiger partial charge in [-0.1, -0.05) is 5.92 Å². The van der Waals surface area contributed by atoms with Gasteiger partial charge in [-0.3, -0.25) is 0 Å². The highest BCUT2D eigenvalue weighted by Gasteiger charge is 2.14. The average molecular weight is 263 g/mol. The molecule has 1 heterocycles. The van der Waals surface area contributed by atoms with Gasteiger partial charge < -0.3 is 4.90 Å². The van der Waals surface area contributed by atoms with Crippen molar-refractivity contribution in [3.8, 4) is 12.3 Å². The zero-order chi connectivity index (χ0) is 13.0. The summed E-state index contributed by atoms with van der Waals surface area (Å²) in [5.41, 5.74) is 1.09. The van der Waals surface area contributed by atoms with Gasteiger partial charge in [-0.15, -0.1) is 6.42 Å². The molecule has 1 aromatic carbocycles. The molecule has 1 saturated heterocycles. The van der Waals surface area contributed by atoms with Crippen molar-refractivity contribution in [1.82, 2.24) is 0 Å². The first-order valence-corrected chi connectivity index (χ1v) is 7.80. The molecule has 1 aliphatic rings. The lowest BCUT2D eigenvalue weighted by atomic mass is 10.1. The number of hydrogen-bond acceptors (Lipinski definition) is 3. The van der Waals surface area contributed by atoms with Crippen LogP contribution in [-0.2, 0) is 9.84 Å². The summed E-state index contributed by atoms with van der Waals surface area (Å²) < 4.78 is 23.5. The Morgan fingerprint density at radius 2 is 1.72 bits per heavy atom. The number of rotatable bonds is 3. The van der Waals surface area contributed by atoms with Gasteiger partial charge in [-0.25, -0.2) is 8.42 Å². The van der Waals surface area contributed by atoms with Gasteiger partial charge in [-0.05, 0) is 43.5 Å². The van der Waals surface area contributed by atoms with Crippen LogP contribution in [0.1, 0.15) is 19.3 Å². The topological polar surface area (TPSA) is 37.4 Å². The summed E-state index contributed by atoms with van der Waals surface area (Å²) in [6.45, 7) is 2.10. The van der Waals surface area contributed by atoms with Crippen molar-refractivity contribution in [1.29, 1.82) is 0 Å². The Labute approximate surface area is 109 Å². The van der Waals surface area contributed by atoms with Gasteiger partial charge in [0.25, 0.3) is 0 Å². The van der Waals surface area contributed by atoms with E-state index in [4.69, 9.17) is 6.42 Å². The molecule has 0 N–H and O–H groups in total. The minimum Gasteiger partial charge on any atom is -0.372 e. The highest BCUT2D eigenvalue weighted by Crippen LogP contribution is 2.22. The maximum absolute atomic E-state index is 11.8. The zero-order valence-corrected chi connectivity index (χ0v) is 11.1. The molecule has 0 radical (unpaired) electrons. The van der Waals surface area contributed by atoms with Crippen LogP contribution in [0.5, 0.6) is 0 Å². The molecule has 18 heavy (non-hydrogen) atoms. The van der Waals surface area contributed by atoms with Crippen LogP contribution in [0.3, 0.4) is 0 Å². The van der Waals surface area contributed by atoms with E-state index in [2.05, 4.69) is 10.8 Å². The van der Waals surface area contributed by atoms with E-state index in [-0.39, 0.29) is 5.75 Å². The molecule has 0 bridgehead atoms. The molecule has 96 valence electrons. The number of anilines is 1. The van der Waals surface area contributed by atoms with Gasteiger partial charge in [0.2, 0.25) is 0 Å². The van der Waals surface area contributed by atoms with Gasteiger partial charge in [0.05, 0.1) is 4.90 Å². The first-order valence-electron chi connectivity index (χ1n) is 6.15. The van der Waals surface area contributed by atoms with Crippen molar-refractivity contribution in [3.63, 3.8) is 0 Å². The Morgan fingerprint density at radius 1 is 1.11 bits per heavy atom. The van der Waals surface area contributed by atoms with Crippen molar-refractivity contribution < 1.29 is 8.42 Å². The predicted molar refractivity (Wildman–Crippen MR) is 73.4 cm³/mol. The van der Waals surface area contributed by atoms with E-state index in [1.54, 1.807) is 12.1 Å². The second kappa shape index (κ2) is 5.45. The fourth-order valence-corrected chi connectivity index (χ4v) is 3.15. The van der Waals surface area contributed by atoms with Crippen molar-refractivity contribution in [3.05, 3.63) is 24.3 Å². The van der Waals surface area contributed by atoms with Crippen LogP contribution in [0.4, 0.5) is 5.69 Å². The monoisotopic (exact) mass is 263 g/mol. The Bertz CT molecular complexity index is 534. The molecule has 4 heteroatoms. The van der Waals surface area contributed by atoms with Crippen LogP contribution in [0.25, 0.3) is 0 Å². The molecule has 1 aromatic rings. The molecule has 0 unspecified atom stereocenters. The Morgan fingerprint density at radius 3 is 2.28 bits per heavy atom. The maximum Gasteiger partial charge on any atom is 0.189 e. The summed E-state index contributed by atoms with van der Waals surface area (Å²) in [6.07, 6.45) is 8.76. The lowest BCUT2D eigenvalue weighted by molar-refractivity contribution is 0.577. The van der Waals surface area contributed by atoms with Gasteiger partial charge in [0.1, 0.15) is 5.75 Å². The summed E-state index contributed by atoms with van der Waals surface area (Å²) in [5, 5.41) is 0. The number of benzene rings is 1. The molecule has 2 rings (SSSR count). The number of nitrogens with zero attached hydrogens (tertiary/aromatic N) is 1. The molecule has 0 amide bonds. The van der Waals surface area contributed by atoms with Crippen LogP contribution in [0.15, 0.2) is 29.2 Å².